The molecule has 4 heterocycles. The molecular weight excluding hydrogens is 821 g/mol. The van der Waals surface area contributed by atoms with Gasteiger partial charge in [0, 0.05) is 31.8 Å². The number of fused-ring (bicyclic) bond motifs is 2. The van der Waals surface area contributed by atoms with Crippen LogP contribution in [0.3, 0.4) is 0 Å². The summed E-state index contributed by atoms with van der Waals surface area (Å²) in [6.07, 6.45) is 7.50. The number of hydrogen-bond acceptors (Lipinski definition) is 8. The third kappa shape index (κ3) is 8.83. The quantitative estimate of drug-likeness (QED) is 0.178. The Balaban J connectivity index is 1.18. The Bertz CT molecular complexity index is 2280. The van der Waals surface area contributed by atoms with Crippen LogP contribution in [0.4, 0.5) is 26.3 Å². The summed E-state index contributed by atoms with van der Waals surface area (Å²) in [4.78, 5) is 61.4. The molecule has 0 radical (unpaired) electrons. The molecule has 0 aromatic carbocycles. The first-order chi connectivity index (χ1) is 29.4. The number of aromatic nitrogens is 2. The molecule has 7 aliphatic rings. The van der Waals surface area contributed by atoms with Gasteiger partial charge >= 0.3 is 0 Å². The molecule has 62 heavy (non-hydrogen) atoms. The van der Waals surface area contributed by atoms with Crippen LogP contribution in [0.25, 0.3) is 11.8 Å². The van der Waals surface area contributed by atoms with Crippen molar-refractivity contribution in [2.24, 2.45) is 11.8 Å². The van der Waals surface area contributed by atoms with E-state index in [2.05, 4.69) is 26.6 Å². The van der Waals surface area contributed by atoms with Gasteiger partial charge in [-0.2, -0.15) is 0 Å². The normalized spacial score (nSPS) is 27.6. The van der Waals surface area contributed by atoms with Crippen LogP contribution in [0.15, 0.2) is 47.1 Å². The van der Waals surface area contributed by atoms with Crippen LogP contribution in [0.1, 0.15) is 64.5 Å². The Morgan fingerprint density at radius 2 is 1.37 bits per heavy atom. The molecule has 1 aromatic heterocycles. The zero-order valence-electron chi connectivity index (χ0n) is 35.1. The van der Waals surface area contributed by atoms with E-state index < -0.39 is 115 Å². The molecule has 7 unspecified atom stereocenters. The Labute approximate surface area is 354 Å². The van der Waals surface area contributed by atoms with Crippen molar-refractivity contribution in [1.82, 2.24) is 45.9 Å². The lowest BCUT2D eigenvalue weighted by Crippen LogP contribution is -2.55. The van der Waals surface area contributed by atoms with Crippen molar-refractivity contribution in [3.05, 3.63) is 63.6 Å². The highest BCUT2D eigenvalue weighted by molar-refractivity contribution is 5.91. The zero-order chi connectivity index (χ0) is 44.4. The lowest BCUT2D eigenvalue weighted by molar-refractivity contribution is -0.139. The Morgan fingerprint density at radius 1 is 0.823 bits per heavy atom. The number of allylic oxidation sites excluding steroid dienone is 4. The van der Waals surface area contributed by atoms with E-state index in [-0.39, 0.29) is 48.1 Å². The second-order valence-electron chi connectivity index (χ2n) is 17.9. The fraction of sp³-hybridized carbons (Fsp3) is 0.605. The minimum Gasteiger partial charge on any atom is -0.371 e. The van der Waals surface area contributed by atoms with Crippen LogP contribution in [-0.2, 0) is 32.1 Å². The van der Waals surface area contributed by atoms with Crippen LogP contribution < -0.4 is 37.4 Å². The third-order valence-corrected chi connectivity index (χ3v) is 13.2. The molecule has 8 rings (SSSR count). The number of halogens is 6. The van der Waals surface area contributed by atoms with Crippen LogP contribution in [0.2, 0.25) is 0 Å². The second kappa shape index (κ2) is 16.7. The Kier molecular flexibility index (Phi) is 11.7. The summed E-state index contributed by atoms with van der Waals surface area (Å²) < 4.78 is 93.3. The van der Waals surface area contributed by atoms with Crippen LogP contribution in [0.5, 0.6) is 0 Å². The summed E-state index contributed by atoms with van der Waals surface area (Å²) in [5, 5.41) is 14.8. The molecule has 0 bridgehead atoms. The van der Waals surface area contributed by atoms with E-state index in [1.54, 1.807) is 32.5 Å². The number of rotatable bonds is 14. The van der Waals surface area contributed by atoms with Gasteiger partial charge in [0.05, 0.1) is 54.0 Å². The molecule has 336 valence electrons. The van der Waals surface area contributed by atoms with Gasteiger partial charge in [-0.05, 0) is 107 Å². The minimum absolute atomic E-state index is 0.137. The van der Waals surface area contributed by atoms with E-state index in [1.165, 1.54) is 30.4 Å². The molecule has 3 aliphatic heterocycles. The van der Waals surface area contributed by atoms with E-state index in [9.17, 15) is 28.0 Å². The maximum absolute atomic E-state index is 15.5. The average molecular weight is 874 g/mol. The predicted octanol–water partition coefficient (Wildman–Crippen LogP) is 1.74. The van der Waals surface area contributed by atoms with Gasteiger partial charge in [0.1, 0.15) is 23.7 Å². The van der Waals surface area contributed by atoms with Gasteiger partial charge in [-0.25, -0.2) is 31.3 Å². The maximum atomic E-state index is 15.5. The highest BCUT2D eigenvalue weighted by Crippen LogP contribution is 2.43. The highest BCUT2D eigenvalue weighted by Gasteiger charge is 2.53. The van der Waals surface area contributed by atoms with E-state index >= 15 is 17.6 Å². The fourth-order valence-electron chi connectivity index (χ4n) is 9.29. The number of likely N-dealkylation sites (N-methyl/N-ethyl adjacent to an activating group) is 2. The van der Waals surface area contributed by atoms with Crippen molar-refractivity contribution in [3.8, 4) is 0 Å². The molecule has 1 aromatic rings. The summed E-state index contributed by atoms with van der Waals surface area (Å²) in [5.41, 5.74) is 1.59. The van der Waals surface area contributed by atoms with Crippen molar-refractivity contribution in [1.29, 1.82) is 0 Å². The summed E-state index contributed by atoms with van der Waals surface area (Å²) in [6, 6.07) is -6.31. The summed E-state index contributed by atoms with van der Waals surface area (Å²) >= 11 is 0. The largest absolute Gasteiger partial charge is 0.371 e. The third-order valence-electron chi connectivity index (χ3n) is 13.2. The number of hydrogen-bond donors (Lipinski definition) is 5. The smallest absolute Gasteiger partial charge is 0.267 e. The number of amides is 4. The highest BCUT2D eigenvalue weighted by atomic mass is 19.3. The minimum atomic E-state index is -3.28. The molecule has 0 spiro atoms. The number of nitrogens with one attached hydrogen (secondary N) is 5. The van der Waals surface area contributed by atoms with Crippen molar-refractivity contribution in [2.75, 3.05) is 27.2 Å². The SMILES string of the molecule is CNC(C)C(=O)NC(C(=O)N1CC(F)(F)CC1CC1=C2C=CC(F)=CC2NC1=c1nc2c(n1CC1CC(F)(F)CN1C(=O)C(NC(=O)C(C)NC)C1CC1)=CC=C(F)C2)C1CC1. The molecule has 4 amide bonds. The molecule has 4 aliphatic carbocycles. The van der Waals surface area contributed by atoms with Crippen molar-refractivity contribution in [2.45, 2.75) is 126 Å². The second-order valence-corrected chi connectivity index (χ2v) is 17.9. The number of nitrogens with zero attached hydrogens (tertiary/aromatic N) is 4. The molecule has 13 nitrogen and oxygen atoms in total. The molecule has 19 heteroatoms. The number of alkyl halides is 4. The van der Waals surface area contributed by atoms with Gasteiger partial charge in [-0.1, -0.05) is 6.08 Å². The van der Waals surface area contributed by atoms with Crippen LogP contribution in [-0.4, -0.2) is 124 Å². The maximum Gasteiger partial charge on any atom is 0.267 e. The summed E-state index contributed by atoms with van der Waals surface area (Å²) in [7, 11) is 3.18. The average Bonchev–Trinajstić information content (AvgIpc) is 4.14. The first-order valence-electron chi connectivity index (χ1n) is 21.4. The van der Waals surface area contributed by atoms with Crippen LogP contribution in [0, 0.1) is 11.8 Å². The Hall–Kier alpha value is -4.91. The number of carbonyl (C=O) groups is 4. The van der Waals surface area contributed by atoms with E-state index in [0.717, 1.165) is 9.80 Å². The van der Waals surface area contributed by atoms with Crippen molar-refractivity contribution < 1.29 is 45.5 Å². The topological polar surface area (TPSA) is 153 Å². The molecule has 2 saturated carbocycles. The van der Waals surface area contributed by atoms with E-state index in [0.29, 0.717) is 42.2 Å². The van der Waals surface area contributed by atoms with Gasteiger partial charge in [0.15, 0.2) is 5.48 Å². The van der Waals surface area contributed by atoms with Crippen molar-refractivity contribution >= 4 is 35.4 Å². The monoisotopic (exact) mass is 873 g/mol. The van der Waals surface area contributed by atoms with Gasteiger partial charge < -0.3 is 41.0 Å². The zero-order valence-corrected chi connectivity index (χ0v) is 35.1. The number of carbonyl (C=O) groups excluding carboxylic acids is 4. The molecule has 5 N–H and O–H groups in total. The van der Waals surface area contributed by atoms with Gasteiger partial charge in [-0.3, -0.25) is 19.2 Å². The van der Waals surface area contributed by atoms with Gasteiger partial charge in [0.2, 0.25) is 23.6 Å². The lowest BCUT2D eigenvalue weighted by Gasteiger charge is -2.30. The van der Waals surface area contributed by atoms with Gasteiger partial charge in [0.25, 0.3) is 11.8 Å². The first-order valence-corrected chi connectivity index (χ1v) is 21.4. The number of likely N-dealkylation sites (tertiary alicyclic amines) is 2. The van der Waals surface area contributed by atoms with Gasteiger partial charge in [-0.15, -0.1) is 0 Å². The molecule has 4 fully saturated rings. The lowest BCUT2D eigenvalue weighted by atomic mass is 9.94. The molecule has 7 atom stereocenters. The van der Waals surface area contributed by atoms with E-state index in [1.807, 2.05) is 0 Å². The fourth-order valence-corrected chi connectivity index (χ4v) is 9.29. The van der Waals surface area contributed by atoms with Crippen LogP contribution >= 0.6 is 0 Å². The Morgan fingerprint density at radius 3 is 1.92 bits per heavy atom. The predicted molar refractivity (Wildman–Crippen MR) is 216 cm³/mol. The first kappa shape index (κ1) is 43.7. The molecular formula is C43H53F6N9O4. The van der Waals surface area contributed by atoms with E-state index in [4.69, 9.17) is 4.98 Å². The standard InChI is InChI=1S/C43H53F6N9O4/c1-21(50-3)38(59)54-34(23-5-6-23)40(61)57-19-42(46,47)16-27(57)15-30-29-11-9-25(44)13-31(29)52-36(30)37-53-32-14-26(45)10-12-33(32)56(37)18-28-17-43(48,49)20-58(28)41(62)35(24-7-8-24)55-39(60)22(2)51-4/h9-13,21-24,27-28,31,34-35,50-52H,5-8,14-20H2,1-4H3,(H,54,59)(H,55,60). The number of imidazole rings is 1. The summed E-state index contributed by atoms with van der Waals surface area (Å²) in [6.45, 7) is 1.23. The summed E-state index contributed by atoms with van der Waals surface area (Å²) in [5.74, 6) is -10.2. The van der Waals surface area contributed by atoms with Crippen molar-refractivity contribution in [3.63, 3.8) is 0 Å². The molecule has 2 saturated heterocycles.